The molecule has 0 saturated heterocycles. The molecule has 2 N–H and O–H groups in total. The van der Waals surface area contributed by atoms with Crippen molar-refractivity contribution in [3.63, 3.8) is 0 Å². The van der Waals surface area contributed by atoms with Gasteiger partial charge in [-0.05, 0) is 76.6 Å². The lowest BCUT2D eigenvalue weighted by molar-refractivity contribution is -0.137. The smallest absolute Gasteiger partial charge is 0.306 e. The largest absolute Gasteiger partial charge is 0.416 e. The van der Waals surface area contributed by atoms with Crippen LogP contribution in [0, 0.1) is 0 Å². The van der Waals surface area contributed by atoms with E-state index in [9.17, 15) is 18.0 Å². The van der Waals surface area contributed by atoms with Gasteiger partial charge in [0.2, 0.25) is 0 Å². The molecule has 3 aromatic carbocycles. The second-order valence-corrected chi connectivity index (χ2v) is 7.47. The lowest BCUT2D eigenvalue weighted by atomic mass is 9.91. The first kappa shape index (κ1) is 18.5. The fraction of sp³-hybridized carbons (Fsp3) is 0.125. The molecule has 4 aromatic rings. The number of hydrogen-bond donors (Lipinski definition) is 2. The fourth-order valence-electron chi connectivity index (χ4n) is 4.12. The number of rotatable bonds is 1. The Bertz CT molecular complexity index is 1360. The van der Waals surface area contributed by atoms with Crippen molar-refractivity contribution in [2.45, 2.75) is 19.0 Å². The number of halogens is 3. The summed E-state index contributed by atoms with van der Waals surface area (Å²) in [5, 5.41) is 0. The maximum Gasteiger partial charge on any atom is 0.416 e. The average molecular weight is 406 g/mol. The van der Waals surface area contributed by atoms with Crippen LogP contribution in [0.25, 0.3) is 22.7 Å². The van der Waals surface area contributed by atoms with Gasteiger partial charge in [-0.2, -0.15) is 13.2 Å². The number of nitrogens with one attached hydrogen (secondary N) is 2. The Labute approximate surface area is 169 Å². The minimum atomic E-state index is -4.37. The summed E-state index contributed by atoms with van der Waals surface area (Å²) >= 11 is 0. The molecule has 150 valence electrons. The van der Waals surface area contributed by atoms with Crippen molar-refractivity contribution in [2.75, 3.05) is 0 Å². The quantitative estimate of drug-likeness (QED) is 0.427. The first-order valence-electron chi connectivity index (χ1n) is 9.61. The van der Waals surface area contributed by atoms with Gasteiger partial charge in [-0.3, -0.25) is 0 Å². The molecule has 6 heteroatoms. The van der Waals surface area contributed by atoms with Crippen LogP contribution in [-0.2, 0) is 19.0 Å². The highest BCUT2D eigenvalue weighted by atomic mass is 19.4. The molecule has 0 bridgehead atoms. The standard InChI is InChI=1S/C24H17F3N2O/c25-24(26,27)17-8-9-19-16(13-17)7-6-15-3-1-2-4-18(15)20(19)11-14-5-10-21-22(12-14)29-23(30)28-21/h1-5,8-13H,6-7H2,(H2,28,29,30)/b20-11-. The molecule has 0 unspecified atom stereocenters. The van der Waals surface area contributed by atoms with Gasteiger partial charge in [-0.15, -0.1) is 0 Å². The Kier molecular flexibility index (Phi) is 4.17. The Morgan fingerprint density at radius 3 is 2.37 bits per heavy atom. The maximum absolute atomic E-state index is 13.3. The van der Waals surface area contributed by atoms with E-state index in [0.29, 0.717) is 29.4 Å². The van der Waals surface area contributed by atoms with E-state index in [2.05, 4.69) is 9.97 Å². The number of hydrogen-bond acceptors (Lipinski definition) is 1. The predicted molar refractivity (Wildman–Crippen MR) is 111 cm³/mol. The molecule has 0 aliphatic heterocycles. The van der Waals surface area contributed by atoms with Crippen molar-refractivity contribution in [1.82, 2.24) is 9.97 Å². The first-order valence-corrected chi connectivity index (χ1v) is 9.61. The number of aromatic nitrogens is 2. The van der Waals surface area contributed by atoms with Gasteiger partial charge >= 0.3 is 11.9 Å². The summed E-state index contributed by atoms with van der Waals surface area (Å²) in [7, 11) is 0. The summed E-state index contributed by atoms with van der Waals surface area (Å²) in [4.78, 5) is 17.0. The number of fused-ring (bicyclic) bond motifs is 3. The van der Waals surface area contributed by atoms with Crippen molar-refractivity contribution in [2.24, 2.45) is 0 Å². The highest BCUT2D eigenvalue weighted by Crippen LogP contribution is 2.38. The van der Waals surface area contributed by atoms with E-state index in [1.807, 2.05) is 48.5 Å². The summed E-state index contributed by atoms with van der Waals surface area (Å²) in [6, 6.07) is 17.5. The van der Waals surface area contributed by atoms with Crippen molar-refractivity contribution >= 4 is 22.7 Å². The molecule has 0 fully saturated rings. The van der Waals surface area contributed by atoms with Gasteiger partial charge in [0.15, 0.2) is 0 Å². The van der Waals surface area contributed by atoms with Crippen LogP contribution >= 0.6 is 0 Å². The first-order chi connectivity index (χ1) is 14.4. The average Bonchev–Trinajstić information content (AvgIpc) is 3.01. The van der Waals surface area contributed by atoms with Crippen molar-refractivity contribution in [3.05, 3.63) is 105 Å². The summed E-state index contributed by atoms with van der Waals surface area (Å²) < 4.78 is 39.8. The van der Waals surface area contributed by atoms with E-state index in [0.717, 1.165) is 33.9 Å². The Balaban J connectivity index is 1.72. The highest BCUT2D eigenvalue weighted by molar-refractivity contribution is 5.95. The van der Waals surface area contributed by atoms with Crippen LogP contribution in [0.2, 0.25) is 0 Å². The molecular weight excluding hydrogens is 389 g/mol. The Morgan fingerprint density at radius 2 is 1.53 bits per heavy atom. The molecule has 1 aromatic heterocycles. The van der Waals surface area contributed by atoms with Crippen molar-refractivity contribution in [1.29, 1.82) is 0 Å². The van der Waals surface area contributed by atoms with Crippen LogP contribution in [0.5, 0.6) is 0 Å². The lowest BCUT2D eigenvalue weighted by Crippen LogP contribution is -2.06. The van der Waals surface area contributed by atoms with Crippen LogP contribution in [0.15, 0.2) is 65.5 Å². The number of aromatic amines is 2. The number of benzene rings is 3. The molecule has 5 rings (SSSR count). The summed E-state index contributed by atoms with van der Waals surface area (Å²) in [6.07, 6.45) is -1.19. The Morgan fingerprint density at radius 1 is 0.800 bits per heavy atom. The van der Waals surface area contributed by atoms with E-state index < -0.39 is 11.7 Å². The third-order valence-electron chi connectivity index (χ3n) is 5.54. The van der Waals surface area contributed by atoms with Gasteiger partial charge in [-0.25, -0.2) is 4.79 Å². The molecule has 1 heterocycles. The van der Waals surface area contributed by atoms with E-state index in [4.69, 9.17) is 0 Å². The number of alkyl halides is 3. The molecular formula is C24H17F3N2O. The zero-order chi connectivity index (χ0) is 20.9. The van der Waals surface area contributed by atoms with E-state index in [1.54, 1.807) is 6.07 Å². The van der Waals surface area contributed by atoms with Crippen LogP contribution in [0.4, 0.5) is 13.2 Å². The molecule has 3 nitrogen and oxygen atoms in total. The normalized spacial score (nSPS) is 15.1. The van der Waals surface area contributed by atoms with Crippen LogP contribution in [-0.4, -0.2) is 9.97 Å². The molecule has 30 heavy (non-hydrogen) atoms. The maximum atomic E-state index is 13.3. The molecule has 0 atom stereocenters. The second kappa shape index (κ2) is 6.76. The third kappa shape index (κ3) is 3.24. The number of imidazole rings is 1. The molecule has 1 aliphatic rings. The lowest BCUT2D eigenvalue weighted by Gasteiger charge is -2.14. The van der Waals surface area contributed by atoms with Gasteiger partial charge in [0.1, 0.15) is 0 Å². The van der Waals surface area contributed by atoms with Gasteiger partial charge < -0.3 is 9.97 Å². The minimum absolute atomic E-state index is 0.278. The minimum Gasteiger partial charge on any atom is -0.306 e. The van der Waals surface area contributed by atoms with E-state index in [-0.39, 0.29) is 5.69 Å². The van der Waals surface area contributed by atoms with E-state index in [1.165, 1.54) is 6.07 Å². The predicted octanol–water partition coefficient (Wildman–Crippen LogP) is 5.56. The van der Waals surface area contributed by atoms with Gasteiger partial charge in [-0.1, -0.05) is 36.4 Å². The topological polar surface area (TPSA) is 48.6 Å². The van der Waals surface area contributed by atoms with Crippen molar-refractivity contribution in [3.8, 4) is 0 Å². The molecule has 0 radical (unpaired) electrons. The zero-order valence-corrected chi connectivity index (χ0v) is 15.8. The van der Waals surface area contributed by atoms with Gasteiger partial charge in [0.25, 0.3) is 0 Å². The van der Waals surface area contributed by atoms with Crippen molar-refractivity contribution < 1.29 is 13.2 Å². The van der Waals surface area contributed by atoms with Gasteiger partial charge in [0, 0.05) is 0 Å². The monoisotopic (exact) mass is 406 g/mol. The second-order valence-electron chi connectivity index (χ2n) is 7.47. The molecule has 0 saturated carbocycles. The molecule has 1 aliphatic carbocycles. The number of H-pyrrole nitrogens is 2. The molecule has 0 spiro atoms. The Hall–Kier alpha value is -3.54. The number of aryl methyl sites for hydroxylation is 2. The van der Waals surface area contributed by atoms with Crippen LogP contribution in [0.1, 0.15) is 33.4 Å². The summed E-state index contributed by atoms with van der Waals surface area (Å²) in [5.74, 6) is 0. The fourth-order valence-corrected chi connectivity index (χ4v) is 4.12. The molecule has 0 amide bonds. The zero-order valence-electron chi connectivity index (χ0n) is 15.8. The summed E-state index contributed by atoms with van der Waals surface area (Å²) in [5.41, 5.74) is 5.82. The highest BCUT2D eigenvalue weighted by Gasteiger charge is 2.31. The third-order valence-corrected chi connectivity index (χ3v) is 5.54. The SMILES string of the molecule is O=c1[nH]c2ccc(/C=C3/c4ccccc4CCc4cc(C(F)(F)F)ccc43)cc2[nH]1. The van der Waals surface area contributed by atoms with E-state index >= 15 is 0 Å². The van der Waals surface area contributed by atoms with Gasteiger partial charge in [0.05, 0.1) is 16.6 Å². The van der Waals surface area contributed by atoms with Crippen LogP contribution < -0.4 is 5.69 Å². The summed E-state index contributed by atoms with van der Waals surface area (Å²) in [6.45, 7) is 0. The van der Waals surface area contributed by atoms with Crippen LogP contribution in [0.3, 0.4) is 0 Å².